The normalized spacial score (nSPS) is 10.2. The molecule has 0 fully saturated rings. The van der Waals surface area contributed by atoms with E-state index in [9.17, 15) is 5.11 Å². The molecule has 102 valence electrons. The first-order valence-corrected chi connectivity index (χ1v) is 6.71. The maximum atomic E-state index is 10.1. The second kappa shape index (κ2) is 5.56. The van der Waals surface area contributed by atoms with Gasteiger partial charge in [-0.15, -0.1) is 0 Å². The van der Waals surface area contributed by atoms with Gasteiger partial charge in [0.25, 0.3) is 0 Å². The van der Waals surface area contributed by atoms with Crippen LogP contribution >= 0.6 is 0 Å². The lowest BCUT2D eigenvalue weighted by atomic mass is 10.0. The highest BCUT2D eigenvalue weighted by Crippen LogP contribution is 2.27. The summed E-state index contributed by atoms with van der Waals surface area (Å²) in [4.78, 5) is 0. The van der Waals surface area contributed by atoms with Gasteiger partial charge in [0.05, 0.1) is 11.6 Å². The summed E-state index contributed by atoms with van der Waals surface area (Å²) in [5, 5.41) is 24.3. The third-order valence-electron chi connectivity index (χ3n) is 3.50. The van der Waals surface area contributed by atoms with Gasteiger partial charge >= 0.3 is 0 Å². The molecule has 0 aliphatic rings. The number of nitrogens with one attached hydrogen (secondary N) is 1. The second-order valence-corrected chi connectivity index (χ2v) is 4.83. The zero-order chi connectivity index (χ0) is 14.7. The lowest BCUT2D eigenvalue weighted by molar-refractivity contribution is 0.470. The number of hydrogen-bond donors (Lipinski definition) is 2. The van der Waals surface area contributed by atoms with Crippen LogP contribution in [0.15, 0.2) is 60.7 Å². The fourth-order valence-corrected chi connectivity index (χ4v) is 2.36. The van der Waals surface area contributed by atoms with Crippen LogP contribution in [0.2, 0.25) is 0 Å². The molecule has 0 aliphatic carbocycles. The molecule has 0 unspecified atom stereocenters. The molecule has 0 saturated heterocycles. The molecule has 0 aliphatic heterocycles. The molecule has 0 radical (unpaired) electrons. The van der Waals surface area contributed by atoms with Gasteiger partial charge in [0.2, 0.25) is 0 Å². The van der Waals surface area contributed by atoms with Crippen LogP contribution in [0, 0.1) is 11.3 Å². The molecule has 3 rings (SSSR count). The van der Waals surface area contributed by atoms with Crippen molar-refractivity contribution in [2.45, 2.75) is 6.54 Å². The fraction of sp³-hybridized carbons (Fsp3) is 0.0556. The summed E-state index contributed by atoms with van der Waals surface area (Å²) in [6.45, 7) is 0.527. The molecular weight excluding hydrogens is 260 g/mol. The van der Waals surface area contributed by atoms with Gasteiger partial charge in [-0.2, -0.15) is 5.26 Å². The minimum atomic E-state index is 0.287. The van der Waals surface area contributed by atoms with E-state index in [0.717, 1.165) is 22.0 Å². The van der Waals surface area contributed by atoms with E-state index in [4.69, 9.17) is 5.26 Å². The molecule has 3 heteroatoms. The Hall–Kier alpha value is -2.99. The second-order valence-electron chi connectivity index (χ2n) is 4.83. The highest BCUT2D eigenvalue weighted by Gasteiger charge is 2.06. The molecule has 2 N–H and O–H groups in total. The molecular formula is C18H14N2O. The number of rotatable bonds is 3. The van der Waals surface area contributed by atoms with Gasteiger partial charge < -0.3 is 10.4 Å². The average Bonchev–Trinajstić information content (AvgIpc) is 2.54. The van der Waals surface area contributed by atoms with Crippen LogP contribution in [-0.4, -0.2) is 5.11 Å². The van der Waals surface area contributed by atoms with Gasteiger partial charge in [-0.1, -0.05) is 30.3 Å². The SMILES string of the molecule is N#Cc1ccc(NCc2c(O)ccc3ccccc23)cc1. The number of hydrogen-bond acceptors (Lipinski definition) is 3. The Morgan fingerprint density at radius 2 is 1.71 bits per heavy atom. The van der Waals surface area contributed by atoms with Crippen molar-refractivity contribution < 1.29 is 5.11 Å². The minimum Gasteiger partial charge on any atom is -0.508 e. The molecule has 0 amide bonds. The van der Waals surface area contributed by atoms with Gasteiger partial charge in [0, 0.05) is 17.8 Å². The maximum absolute atomic E-state index is 10.1. The van der Waals surface area contributed by atoms with Crippen molar-refractivity contribution in [3.05, 3.63) is 71.8 Å². The van der Waals surface area contributed by atoms with E-state index in [1.54, 1.807) is 18.2 Å². The van der Waals surface area contributed by atoms with Crippen molar-refractivity contribution in [2.75, 3.05) is 5.32 Å². The van der Waals surface area contributed by atoms with Crippen LogP contribution < -0.4 is 5.32 Å². The molecule has 0 bridgehead atoms. The lowest BCUT2D eigenvalue weighted by Gasteiger charge is -2.11. The van der Waals surface area contributed by atoms with E-state index in [1.165, 1.54) is 0 Å². The molecule has 0 heterocycles. The van der Waals surface area contributed by atoms with Crippen LogP contribution in [0.1, 0.15) is 11.1 Å². The summed E-state index contributed by atoms with van der Waals surface area (Å²) in [6.07, 6.45) is 0. The highest BCUT2D eigenvalue weighted by molar-refractivity contribution is 5.87. The standard InChI is InChI=1S/C18H14N2O/c19-11-13-5-8-15(9-6-13)20-12-17-16-4-2-1-3-14(16)7-10-18(17)21/h1-10,20-21H,12H2. The zero-order valence-corrected chi connectivity index (χ0v) is 11.4. The van der Waals surface area contributed by atoms with Crippen molar-refractivity contribution in [2.24, 2.45) is 0 Å². The molecule has 3 nitrogen and oxygen atoms in total. The smallest absolute Gasteiger partial charge is 0.121 e. The number of phenolic OH excluding ortho intramolecular Hbond substituents is 1. The van der Waals surface area contributed by atoms with Crippen molar-refractivity contribution in [3.63, 3.8) is 0 Å². The van der Waals surface area contributed by atoms with E-state index in [1.807, 2.05) is 42.5 Å². The Morgan fingerprint density at radius 1 is 0.952 bits per heavy atom. The largest absolute Gasteiger partial charge is 0.508 e. The van der Waals surface area contributed by atoms with Crippen LogP contribution in [0.4, 0.5) is 5.69 Å². The van der Waals surface area contributed by atoms with Crippen molar-refractivity contribution in [3.8, 4) is 11.8 Å². The van der Waals surface area contributed by atoms with Gasteiger partial charge in [-0.05, 0) is 41.1 Å². The third kappa shape index (κ3) is 2.65. The summed E-state index contributed by atoms with van der Waals surface area (Å²) in [7, 11) is 0. The number of anilines is 1. The van der Waals surface area contributed by atoms with Gasteiger partial charge in [0.15, 0.2) is 0 Å². The number of aromatic hydroxyl groups is 1. The number of nitrogens with zero attached hydrogens (tertiary/aromatic N) is 1. The first-order valence-electron chi connectivity index (χ1n) is 6.71. The van der Waals surface area contributed by atoms with Gasteiger partial charge in [-0.25, -0.2) is 0 Å². The molecule has 3 aromatic carbocycles. The fourth-order valence-electron chi connectivity index (χ4n) is 2.36. The maximum Gasteiger partial charge on any atom is 0.121 e. The molecule has 0 atom stereocenters. The predicted molar refractivity (Wildman–Crippen MR) is 84.1 cm³/mol. The number of benzene rings is 3. The molecule has 21 heavy (non-hydrogen) atoms. The number of fused-ring (bicyclic) bond motifs is 1. The van der Waals surface area contributed by atoms with E-state index in [2.05, 4.69) is 11.4 Å². The first kappa shape index (κ1) is 13.0. The van der Waals surface area contributed by atoms with Crippen molar-refractivity contribution in [1.29, 1.82) is 5.26 Å². The van der Waals surface area contributed by atoms with Crippen LogP contribution in [0.5, 0.6) is 5.75 Å². The van der Waals surface area contributed by atoms with E-state index in [0.29, 0.717) is 12.1 Å². The molecule has 0 saturated carbocycles. The zero-order valence-electron chi connectivity index (χ0n) is 11.4. The Balaban J connectivity index is 1.87. The predicted octanol–water partition coefficient (Wildman–Crippen LogP) is 4.03. The molecule has 0 spiro atoms. The minimum absolute atomic E-state index is 0.287. The summed E-state index contributed by atoms with van der Waals surface area (Å²) >= 11 is 0. The van der Waals surface area contributed by atoms with Crippen LogP contribution in [-0.2, 0) is 6.54 Å². The van der Waals surface area contributed by atoms with E-state index < -0.39 is 0 Å². The van der Waals surface area contributed by atoms with Crippen molar-refractivity contribution >= 4 is 16.5 Å². The Labute approximate surface area is 123 Å². The van der Waals surface area contributed by atoms with Crippen LogP contribution in [0.3, 0.4) is 0 Å². The summed E-state index contributed by atoms with van der Waals surface area (Å²) < 4.78 is 0. The third-order valence-corrected chi connectivity index (χ3v) is 3.50. The summed E-state index contributed by atoms with van der Waals surface area (Å²) in [5.41, 5.74) is 2.42. The van der Waals surface area contributed by atoms with E-state index >= 15 is 0 Å². The Morgan fingerprint density at radius 3 is 2.48 bits per heavy atom. The highest BCUT2D eigenvalue weighted by atomic mass is 16.3. The van der Waals surface area contributed by atoms with Crippen molar-refractivity contribution in [1.82, 2.24) is 0 Å². The number of phenols is 1. The summed E-state index contributed by atoms with van der Waals surface area (Å²) in [6, 6.07) is 21.0. The number of nitriles is 1. The quantitative estimate of drug-likeness (QED) is 0.758. The Bertz CT molecular complexity index is 817. The Kier molecular flexibility index (Phi) is 3.44. The van der Waals surface area contributed by atoms with Gasteiger partial charge in [0.1, 0.15) is 5.75 Å². The first-order chi connectivity index (χ1) is 10.3. The lowest BCUT2D eigenvalue weighted by Crippen LogP contribution is -2.00. The topological polar surface area (TPSA) is 56.0 Å². The van der Waals surface area contributed by atoms with Gasteiger partial charge in [-0.3, -0.25) is 0 Å². The average molecular weight is 274 g/mol. The molecule has 3 aromatic rings. The summed E-state index contributed by atoms with van der Waals surface area (Å²) in [5.74, 6) is 0.287. The molecule has 0 aromatic heterocycles. The van der Waals surface area contributed by atoms with E-state index in [-0.39, 0.29) is 5.75 Å². The van der Waals surface area contributed by atoms with Crippen LogP contribution in [0.25, 0.3) is 10.8 Å². The monoisotopic (exact) mass is 274 g/mol.